The van der Waals surface area contributed by atoms with Gasteiger partial charge in [-0.1, -0.05) is 17.3 Å². The molecule has 2 aromatic rings. The van der Waals surface area contributed by atoms with E-state index >= 15 is 0 Å². The van der Waals surface area contributed by atoms with Gasteiger partial charge >= 0.3 is 0 Å². The van der Waals surface area contributed by atoms with Crippen molar-refractivity contribution < 1.29 is 9.63 Å². The average molecular weight is 259 g/mol. The summed E-state index contributed by atoms with van der Waals surface area (Å²) in [6.07, 6.45) is 3.60. The molecule has 1 saturated carbocycles. The fourth-order valence-electron chi connectivity index (χ4n) is 2.54. The van der Waals surface area contributed by atoms with E-state index in [0.717, 1.165) is 24.8 Å². The van der Waals surface area contributed by atoms with Crippen LogP contribution in [0.2, 0.25) is 0 Å². The first-order valence-corrected chi connectivity index (χ1v) is 6.56. The summed E-state index contributed by atoms with van der Waals surface area (Å²) in [4.78, 5) is 4.45. The summed E-state index contributed by atoms with van der Waals surface area (Å²) in [6.45, 7) is 0. The summed E-state index contributed by atoms with van der Waals surface area (Å²) in [7, 11) is 0. The average Bonchev–Trinajstić information content (AvgIpc) is 3.01. The van der Waals surface area contributed by atoms with Crippen molar-refractivity contribution in [3.63, 3.8) is 0 Å². The Morgan fingerprint density at radius 1 is 1.26 bits per heavy atom. The molecule has 3 rings (SSSR count). The van der Waals surface area contributed by atoms with E-state index in [1.165, 1.54) is 0 Å². The van der Waals surface area contributed by atoms with Crippen LogP contribution in [0.3, 0.4) is 0 Å². The molecule has 1 heterocycles. The van der Waals surface area contributed by atoms with Gasteiger partial charge in [-0.15, -0.1) is 0 Å². The molecule has 2 atom stereocenters. The van der Waals surface area contributed by atoms with Gasteiger partial charge in [0.25, 0.3) is 0 Å². The number of phenolic OH excluding ortho intramolecular Hbond substituents is 1. The standard InChI is InChI=1S/C14H17N3O2/c15-11-4-3-10(8-11)14-16-13(17-19-14)7-9-1-5-12(18)6-2-9/h1-2,5-6,10-11,18H,3-4,7-8,15H2. The summed E-state index contributed by atoms with van der Waals surface area (Å²) in [6, 6.07) is 7.30. The molecule has 5 nitrogen and oxygen atoms in total. The first kappa shape index (κ1) is 12.2. The fraction of sp³-hybridized carbons (Fsp3) is 0.429. The lowest BCUT2D eigenvalue weighted by Gasteiger charge is -2.01. The topological polar surface area (TPSA) is 85.2 Å². The molecule has 0 radical (unpaired) electrons. The zero-order valence-electron chi connectivity index (χ0n) is 10.6. The maximum Gasteiger partial charge on any atom is 0.229 e. The van der Waals surface area contributed by atoms with E-state index in [1.807, 2.05) is 12.1 Å². The van der Waals surface area contributed by atoms with Crippen molar-refractivity contribution in [2.24, 2.45) is 5.73 Å². The normalized spacial score (nSPS) is 22.8. The Balaban J connectivity index is 1.69. The van der Waals surface area contributed by atoms with Crippen molar-refractivity contribution in [3.05, 3.63) is 41.5 Å². The summed E-state index contributed by atoms with van der Waals surface area (Å²) in [5.74, 6) is 1.97. The minimum Gasteiger partial charge on any atom is -0.508 e. The van der Waals surface area contributed by atoms with Crippen molar-refractivity contribution in [3.8, 4) is 5.75 Å². The molecule has 1 fully saturated rings. The van der Waals surface area contributed by atoms with Crippen molar-refractivity contribution in [1.82, 2.24) is 10.1 Å². The van der Waals surface area contributed by atoms with Crippen LogP contribution in [0.5, 0.6) is 5.75 Å². The van der Waals surface area contributed by atoms with Crippen LogP contribution in [0.25, 0.3) is 0 Å². The van der Waals surface area contributed by atoms with Gasteiger partial charge in [0.15, 0.2) is 5.82 Å². The molecule has 1 aliphatic rings. The van der Waals surface area contributed by atoms with Crippen LogP contribution in [-0.2, 0) is 6.42 Å². The highest BCUT2D eigenvalue weighted by molar-refractivity contribution is 5.27. The zero-order valence-corrected chi connectivity index (χ0v) is 10.6. The molecular formula is C14H17N3O2. The first-order chi connectivity index (χ1) is 9.20. The number of phenols is 1. The van der Waals surface area contributed by atoms with Gasteiger partial charge in [-0.05, 0) is 37.0 Å². The second-order valence-electron chi connectivity index (χ2n) is 5.16. The molecule has 0 bridgehead atoms. The Morgan fingerprint density at radius 3 is 2.74 bits per heavy atom. The number of rotatable bonds is 3. The molecule has 0 spiro atoms. The van der Waals surface area contributed by atoms with Gasteiger partial charge in [0, 0.05) is 18.4 Å². The number of nitrogens with two attached hydrogens (primary N) is 1. The van der Waals surface area contributed by atoms with E-state index in [4.69, 9.17) is 10.3 Å². The Bertz CT molecular complexity index is 550. The number of aromatic hydroxyl groups is 1. The quantitative estimate of drug-likeness (QED) is 0.880. The maximum atomic E-state index is 9.23. The van der Waals surface area contributed by atoms with Crippen molar-refractivity contribution in [2.45, 2.75) is 37.6 Å². The third-order valence-corrected chi connectivity index (χ3v) is 3.60. The van der Waals surface area contributed by atoms with Crippen LogP contribution in [0.4, 0.5) is 0 Å². The Kier molecular flexibility index (Phi) is 3.21. The Hall–Kier alpha value is -1.88. The third-order valence-electron chi connectivity index (χ3n) is 3.60. The molecular weight excluding hydrogens is 242 g/mol. The molecule has 100 valence electrons. The SMILES string of the molecule is NC1CCC(c2nc(Cc3ccc(O)cc3)no2)C1. The van der Waals surface area contributed by atoms with Gasteiger partial charge in [-0.3, -0.25) is 0 Å². The summed E-state index contributed by atoms with van der Waals surface area (Å²) >= 11 is 0. The van der Waals surface area contributed by atoms with E-state index < -0.39 is 0 Å². The number of aromatic nitrogens is 2. The van der Waals surface area contributed by atoms with Crippen molar-refractivity contribution >= 4 is 0 Å². The Morgan fingerprint density at radius 2 is 2.05 bits per heavy atom. The number of hydrogen-bond acceptors (Lipinski definition) is 5. The van der Waals surface area contributed by atoms with Gasteiger partial charge < -0.3 is 15.4 Å². The molecule has 1 aromatic carbocycles. The van der Waals surface area contributed by atoms with Crippen LogP contribution in [0.15, 0.2) is 28.8 Å². The molecule has 5 heteroatoms. The molecule has 1 aliphatic carbocycles. The fourth-order valence-corrected chi connectivity index (χ4v) is 2.54. The molecule has 3 N–H and O–H groups in total. The second kappa shape index (κ2) is 5.01. The van der Waals surface area contributed by atoms with Gasteiger partial charge in [0.05, 0.1) is 0 Å². The summed E-state index contributed by atoms with van der Waals surface area (Å²) in [5.41, 5.74) is 6.94. The van der Waals surface area contributed by atoms with Crippen molar-refractivity contribution in [1.29, 1.82) is 0 Å². The van der Waals surface area contributed by atoms with Gasteiger partial charge in [-0.25, -0.2) is 0 Å². The zero-order chi connectivity index (χ0) is 13.2. The van der Waals surface area contributed by atoms with Crippen LogP contribution >= 0.6 is 0 Å². The maximum absolute atomic E-state index is 9.23. The highest BCUT2D eigenvalue weighted by Crippen LogP contribution is 2.32. The van der Waals surface area contributed by atoms with Gasteiger partial charge in [0.1, 0.15) is 5.75 Å². The monoisotopic (exact) mass is 259 g/mol. The summed E-state index contributed by atoms with van der Waals surface area (Å²) < 4.78 is 5.33. The lowest BCUT2D eigenvalue weighted by Crippen LogP contribution is -2.14. The van der Waals surface area contributed by atoms with Crippen LogP contribution in [0, 0.1) is 0 Å². The highest BCUT2D eigenvalue weighted by Gasteiger charge is 2.27. The van der Waals surface area contributed by atoms with Gasteiger partial charge in [-0.2, -0.15) is 4.98 Å². The third kappa shape index (κ3) is 2.76. The van der Waals surface area contributed by atoms with Crippen LogP contribution in [-0.4, -0.2) is 21.3 Å². The summed E-state index contributed by atoms with van der Waals surface area (Å²) in [5, 5.41) is 13.2. The van der Waals surface area contributed by atoms with Crippen LogP contribution < -0.4 is 5.73 Å². The van der Waals surface area contributed by atoms with E-state index in [2.05, 4.69) is 10.1 Å². The molecule has 0 saturated heterocycles. The minimum absolute atomic E-state index is 0.262. The van der Waals surface area contributed by atoms with E-state index in [1.54, 1.807) is 12.1 Å². The lowest BCUT2D eigenvalue weighted by molar-refractivity contribution is 0.350. The lowest BCUT2D eigenvalue weighted by atomic mass is 10.1. The predicted octanol–water partition coefficient (Wildman–Crippen LogP) is 1.96. The van der Waals surface area contributed by atoms with E-state index in [9.17, 15) is 5.11 Å². The molecule has 19 heavy (non-hydrogen) atoms. The van der Waals surface area contributed by atoms with Gasteiger partial charge in [0.2, 0.25) is 5.89 Å². The van der Waals surface area contributed by atoms with Crippen LogP contribution in [0.1, 0.15) is 42.5 Å². The predicted molar refractivity (Wildman–Crippen MR) is 69.8 cm³/mol. The number of benzene rings is 1. The molecule has 1 aromatic heterocycles. The molecule has 0 amide bonds. The molecule has 0 aliphatic heterocycles. The second-order valence-corrected chi connectivity index (χ2v) is 5.16. The smallest absolute Gasteiger partial charge is 0.229 e. The Labute approximate surface area is 111 Å². The first-order valence-electron chi connectivity index (χ1n) is 6.56. The van der Waals surface area contributed by atoms with E-state index in [0.29, 0.717) is 24.1 Å². The number of hydrogen-bond donors (Lipinski definition) is 2. The largest absolute Gasteiger partial charge is 0.508 e. The highest BCUT2D eigenvalue weighted by atomic mass is 16.5. The minimum atomic E-state index is 0.262. The van der Waals surface area contributed by atoms with E-state index in [-0.39, 0.29) is 11.8 Å². The number of nitrogens with zero attached hydrogens (tertiary/aromatic N) is 2. The van der Waals surface area contributed by atoms with Crippen molar-refractivity contribution in [2.75, 3.05) is 0 Å². The molecule has 2 unspecified atom stereocenters.